The number of amides is 2. The third-order valence-corrected chi connectivity index (χ3v) is 5.90. The number of hydrogen-bond donors (Lipinski definition) is 1. The summed E-state index contributed by atoms with van der Waals surface area (Å²) >= 11 is 5.99. The first kappa shape index (κ1) is 22.6. The van der Waals surface area contributed by atoms with Crippen molar-refractivity contribution in [3.05, 3.63) is 99.7 Å². The molecule has 0 aromatic heterocycles. The van der Waals surface area contributed by atoms with Crippen molar-refractivity contribution >= 4 is 34.7 Å². The largest absolute Gasteiger partial charge is 0.494 e. The molecule has 0 aliphatic carbocycles. The third-order valence-electron chi connectivity index (χ3n) is 5.65. The number of nitrogens with one attached hydrogen (secondary N) is 1. The van der Waals surface area contributed by atoms with Crippen LogP contribution in [0.2, 0.25) is 5.02 Å². The number of carbonyl (C=O) groups excluding carboxylic acids is 2. The highest BCUT2D eigenvalue weighted by Crippen LogP contribution is 2.33. The Hall–Kier alpha value is -3.57. The minimum atomic E-state index is -0.364. The maximum absolute atomic E-state index is 13.5. The van der Waals surface area contributed by atoms with Crippen LogP contribution in [0, 0.1) is 13.8 Å². The molecule has 5 nitrogen and oxygen atoms in total. The van der Waals surface area contributed by atoms with E-state index in [1.165, 1.54) is 4.90 Å². The van der Waals surface area contributed by atoms with Crippen LogP contribution in [0.3, 0.4) is 0 Å². The minimum absolute atomic E-state index is 0.164. The van der Waals surface area contributed by atoms with Crippen molar-refractivity contribution in [2.75, 3.05) is 11.9 Å². The molecule has 4 rings (SSSR count). The van der Waals surface area contributed by atoms with Gasteiger partial charge in [-0.25, -0.2) is 0 Å². The summed E-state index contributed by atoms with van der Waals surface area (Å²) in [6.07, 6.45) is 0. The van der Waals surface area contributed by atoms with Crippen molar-refractivity contribution < 1.29 is 14.3 Å². The van der Waals surface area contributed by atoms with Crippen LogP contribution in [-0.4, -0.2) is 23.3 Å². The highest BCUT2D eigenvalue weighted by molar-refractivity contribution is 6.36. The van der Waals surface area contributed by atoms with Gasteiger partial charge < -0.3 is 10.1 Å². The molecular weight excluding hydrogens is 436 g/mol. The molecule has 0 spiro atoms. The van der Waals surface area contributed by atoms with Crippen molar-refractivity contribution in [1.29, 1.82) is 0 Å². The standard InChI is InChI=1S/C27H25ClN2O3/c1-4-33-23-13-11-22(12-14-23)29-25-24(20-8-5-17(2)18(3)15-20)26(31)30(27(25)32)16-19-6-9-21(28)10-7-19/h5-15,29H,4,16H2,1-3H3. The molecule has 2 amide bonds. The molecule has 33 heavy (non-hydrogen) atoms. The van der Waals surface area contributed by atoms with E-state index in [0.717, 1.165) is 22.4 Å². The van der Waals surface area contributed by atoms with Crippen molar-refractivity contribution in [1.82, 2.24) is 4.90 Å². The van der Waals surface area contributed by atoms with E-state index >= 15 is 0 Å². The summed E-state index contributed by atoms with van der Waals surface area (Å²) in [5.74, 6) is 0.0494. The maximum atomic E-state index is 13.5. The topological polar surface area (TPSA) is 58.6 Å². The molecule has 0 saturated heterocycles. The molecule has 168 valence electrons. The average molecular weight is 461 g/mol. The highest BCUT2D eigenvalue weighted by atomic mass is 35.5. The first-order chi connectivity index (χ1) is 15.9. The molecule has 1 aliphatic rings. The zero-order valence-electron chi connectivity index (χ0n) is 18.8. The second-order valence-electron chi connectivity index (χ2n) is 7.95. The van der Waals surface area contributed by atoms with Crippen molar-refractivity contribution in [2.24, 2.45) is 0 Å². The maximum Gasteiger partial charge on any atom is 0.278 e. The summed E-state index contributed by atoms with van der Waals surface area (Å²) in [5, 5.41) is 3.79. The minimum Gasteiger partial charge on any atom is -0.494 e. The average Bonchev–Trinajstić information content (AvgIpc) is 3.03. The van der Waals surface area contributed by atoms with E-state index in [9.17, 15) is 9.59 Å². The van der Waals surface area contributed by atoms with E-state index in [2.05, 4.69) is 5.32 Å². The van der Waals surface area contributed by atoms with Gasteiger partial charge in [0.2, 0.25) is 0 Å². The van der Waals surface area contributed by atoms with Crippen molar-refractivity contribution in [2.45, 2.75) is 27.3 Å². The normalized spacial score (nSPS) is 13.6. The van der Waals surface area contributed by atoms with Crippen molar-refractivity contribution in [3.63, 3.8) is 0 Å². The molecule has 6 heteroatoms. The fraction of sp³-hybridized carbons (Fsp3) is 0.185. The Balaban J connectivity index is 1.71. The number of rotatable bonds is 7. The fourth-order valence-electron chi connectivity index (χ4n) is 3.72. The van der Waals surface area contributed by atoms with Gasteiger partial charge in [-0.3, -0.25) is 14.5 Å². The molecule has 0 atom stereocenters. The van der Waals surface area contributed by atoms with E-state index in [1.54, 1.807) is 12.1 Å². The Morgan fingerprint density at radius 2 is 1.58 bits per heavy atom. The van der Waals surface area contributed by atoms with Gasteiger partial charge in [-0.05, 0) is 79.4 Å². The molecule has 1 N–H and O–H groups in total. The quantitative estimate of drug-likeness (QED) is 0.456. The molecule has 0 bridgehead atoms. The summed E-state index contributed by atoms with van der Waals surface area (Å²) in [5.41, 5.74) is 5.04. The van der Waals surface area contributed by atoms with E-state index in [-0.39, 0.29) is 24.1 Å². The van der Waals surface area contributed by atoms with Crippen molar-refractivity contribution in [3.8, 4) is 5.75 Å². The second kappa shape index (κ2) is 9.51. The summed E-state index contributed by atoms with van der Waals surface area (Å²) in [6, 6.07) is 20.2. The van der Waals surface area contributed by atoms with Gasteiger partial charge in [0.05, 0.1) is 18.7 Å². The number of aryl methyl sites for hydroxylation is 2. The summed E-state index contributed by atoms with van der Waals surface area (Å²) in [7, 11) is 0. The van der Waals surface area contributed by atoms with Crippen LogP contribution in [0.5, 0.6) is 5.75 Å². The first-order valence-electron chi connectivity index (χ1n) is 10.8. The zero-order chi connectivity index (χ0) is 23.5. The Morgan fingerprint density at radius 3 is 2.21 bits per heavy atom. The Bertz CT molecular complexity index is 1230. The van der Waals surface area contributed by atoms with E-state index in [0.29, 0.717) is 28.5 Å². The molecule has 0 saturated carbocycles. The predicted octanol–water partition coefficient (Wildman–Crippen LogP) is 5.75. The van der Waals surface area contributed by atoms with Gasteiger partial charge >= 0.3 is 0 Å². The van der Waals surface area contributed by atoms with Crippen LogP contribution in [0.25, 0.3) is 5.57 Å². The SMILES string of the molecule is CCOc1ccc(NC2=C(c3ccc(C)c(C)c3)C(=O)N(Cc3ccc(Cl)cc3)C2=O)cc1. The van der Waals surface area contributed by atoms with E-state index in [4.69, 9.17) is 16.3 Å². The Labute approximate surface area is 198 Å². The summed E-state index contributed by atoms with van der Waals surface area (Å²) in [4.78, 5) is 28.2. The van der Waals surface area contributed by atoms with Crippen LogP contribution >= 0.6 is 11.6 Å². The first-order valence-corrected chi connectivity index (χ1v) is 11.2. The molecule has 3 aromatic rings. The lowest BCUT2D eigenvalue weighted by Crippen LogP contribution is -2.32. The van der Waals surface area contributed by atoms with Crippen LogP contribution in [0.1, 0.15) is 29.2 Å². The molecule has 0 radical (unpaired) electrons. The number of imide groups is 1. The molecule has 0 unspecified atom stereocenters. The van der Waals surface area contributed by atoms with Gasteiger partial charge in [0.15, 0.2) is 0 Å². The van der Waals surface area contributed by atoms with Crippen LogP contribution in [-0.2, 0) is 16.1 Å². The van der Waals surface area contributed by atoms with Gasteiger partial charge in [0.25, 0.3) is 11.8 Å². The van der Waals surface area contributed by atoms with Gasteiger partial charge in [-0.1, -0.05) is 41.9 Å². The number of halogens is 1. The lowest BCUT2D eigenvalue weighted by molar-refractivity contribution is -0.137. The fourth-order valence-corrected chi connectivity index (χ4v) is 3.84. The highest BCUT2D eigenvalue weighted by Gasteiger charge is 2.39. The predicted molar refractivity (Wildman–Crippen MR) is 131 cm³/mol. The van der Waals surface area contributed by atoms with Gasteiger partial charge in [0.1, 0.15) is 11.4 Å². The number of ether oxygens (including phenoxy) is 1. The van der Waals surface area contributed by atoms with Crippen LogP contribution < -0.4 is 10.1 Å². The summed E-state index contributed by atoms with van der Waals surface area (Å²) < 4.78 is 5.50. The van der Waals surface area contributed by atoms with Gasteiger partial charge in [-0.15, -0.1) is 0 Å². The number of benzene rings is 3. The Morgan fingerprint density at radius 1 is 0.879 bits per heavy atom. The van der Waals surface area contributed by atoms with Gasteiger partial charge in [-0.2, -0.15) is 0 Å². The van der Waals surface area contributed by atoms with E-state index in [1.807, 2.05) is 75.4 Å². The summed E-state index contributed by atoms with van der Waals surface area (Å²) in [6.45, 7) is 6.66. The lowest BCUT2D eigenvalue weighted by Gasteiger charge is -2.15. The van der Waals surface area contributed by atoms with Gasteiger partial charge in [0, 0.05) is 10.7 Å². The smallest absolute Gasteiger partial charge is 0.278 e. The number of hydrogen-bond acceptors (Lipinski definition) is 4. The molecule has 3 aromatic carbocycles. The molecular formula is C27H25ClN2O3. The zero-order valence-corrected chi connectivity index (χ0v) is 19.6. The lowest BCUT2D eigenvalue weighted by atomic mass is 9.99. The van der Waals surface area contributed by atoms with Crippen LogP contribution in [0.15, 0.2) is 72.4 Å². The molecule has 1 heterocycles. The molecule has 0 fully saturated rings. The number of nitrogens with zero attached hydrogens (tertiary/aromatic N) is 1. The number of anilines is 1. The third kappa shape index (κ3) is 4.78. The Kier molecular flexibility index (Phi) is 6.52. The van der Waals surface area contributed by atoms with E-state index < -0.39 is 0 Å². The molecule has 1 aliphatic heterocycles. The van der Waals surface area contributed by atoms with Crippen LogP contribution in [0.4, 0.5) is 5.69 Å². The second-order valence-corrected chi connectivity index (χ2v) is 8.39. The number of carbonyl (C=O) groups is 2. The monoisotopic (exact) mass is 460 g/mol.